The van der Waals surface area contributed by atoms with Crippen LogP contribution in [0.15, 0.2) is 48.5 Å². The Labute approximate surface area is 162 Å². The fraction of sp³-hybridized carbons (Fsp3) is 0.238. The lowest BCUT2D eigenvalue weighted by Gasteiger charge is -2.17. The third-order valence-electron chi connectivity index (χ3n) is 4.54. The summed E-state index contributed by atoms with van der Waals surface area (Å²) in [5.74, 6) is -1.45. The lowest BCUT2D eigenvalue weighted by atomic mass is 10.0. The van der Waals surface area contributed by atoms with Crippen LogP contribution in [0.25, 0.3) is 0 Å². The Hall–Kier alpha value is -3.66. The van der Waals surface area contributed by atoms with Gasteiger partial charge in [0.1, 0.15) is 5.41 Å². The van der Waals surface area contributed by atoms with Crippen LogP contribution < -0.4 is 10.6 Å². The number of amides is 2. The maximum absolute atomic E-state index is 12.8. The Morgan fingerprint density at radius 3 is 2.46 bits per heavy atom. The van der Waals surface area contributed by atoms with Gasteiger partial charge in [-0.25, -0.2) is 4.79 Å². The van der Waals surface area contributed by atoms with Gasteiger partial charge in [0.25, 0.3) is 0 Å². The van der Waals surface area contributed by atoms with Crippen molar-refractivity contribution in [2.75, 3.05) is 17.2 Å². The second-order valence-corrected chi connectivity index (χ2v) is 6.45. The van der Waals surface area contributed by atoms with Crippen molar-refractivity contribution >= 4 is 29.2 Å². The highest BCUT2D eigenvalue weighted by molar-refractivity contribution is 6.17. The molecule has 2 amide bonds. The second kappa shape index (κ2) is 7.92. The van der Waals surface area contributed by atoms with E-state index in [0.29, 0.717) is 29.8 Å². The minimum Gasteiger partial charge on any atom is -0.462 e. The number of nitrogens with zero attached hydrogens (tertiary/aromatic N) is 1. The number of hydrogen-bond donors (Lipinski definition) is 2. The summed E-state index contributed by atoms with van der Waals surface area (Å²) >= 11 is 0. The van der Waals surface area contributed by atoms with E-state index in [1.54, 1.807) is 55.5 Å². The summed E-state index contributed by atoms with van der Waals surface area (Å²) in [5, 5.41) is 14.4. The normalized spacial score (nSPS) is 13.7. The van der Waals surface area contributed by atoms with Crippen LogP contribution in [0.5, 0.6) is 0 Å². The highest BCUT2D eigenvalue weighted by atomic mass is 16.5. The van der Waals surface area contributed by atoms with Crippen LogP contribution in [0.4, 0.5) is 11.4 Å². The Morgan fingerprint density at radius 1 is 1.07 bits per heavy atom. The molecule has 0 spiro atoms. The van der Waals surface area contributed by atoms with Gasteiger partial charge in [0.05, 0.1) is 29.5 Å². The maximum Gasteiger partial charge on any atom is 0.340 e. The molecule has 142 valence electrons. The minimum absolute atomic E-state index is 0.217. The molecule has 2 aromatic carbocycles. The Kier molecular flexibility index (Phi) is 5.41. The summed E-state index contributed by atoms with van der Waals surface area (Å²) in [6.07, 6.45) is 0.814. The molecule has 0 aliphatic heterocycles. The van der Waals surface area contributed by atoms with Gasteiger partial charge in [-0.05, 0) is 50.1 Å². The molecule has 0 atom stereocenters. The number of benzene rings is 2. The molecular formula is C21H19N3O4. The molecule has 0 aromatic heterocycles. The number of rotatable bonds is 6. The summed E-state index contributed by atoms with van der Waals surface area (Å²) in [4.78, 5) is 37.6. The number of ether oxygens (including phenoxy) is 1. The smallest absolute Gasteiger partial charge is 0.340 e. The fourth-order valence-electron chi connectivity index (χ4n) is 2.82. The number of esters is 1. The van der Waals surface area contributed by atoms with E-state index in [4.69, 9.17) is 10.00 Å². The summed E-state index contributed by atoms with van der Waals surface area (Å²) in [6.45, 7) is 1.92. The molecular weight excluding hydrogens is 358 g/mol. The fourth-order valence-corrected chi connectivity index (χ4v) is 2.82. The van der Waals surface area contributed by atoms with E-state index in [0.717, 1.165) is 0 Å². The third kappa shape index (κ3) is 3.86. The topological polar surface area (TPSA) is 108 Å². The molecule has 1 aliphatic carbocycles. The van der Waals surface area contributed by atoms with Crippen molar-refractivity contribution in [1.29, 1.82) is 5.26 Å². The van der Waals surface area contributed by atoms with Gasteiger partial charge in [-0.3, -0.25) is 9.59 Å². The predicted molar refractivity (Wildman–Crippen MR) is 102 cm³/mol. The first-order valence-corrected chi connectivity index (χ1v) is 8.89. The molecule has 0 heterocycles. The zero-order valence-electron chi connectivity index (χ0n) is 15.3. The molecule has 1 saturated carbocycles. The number of carbonyl (C=O) groups is 3. The summed E-state index contributed by atoms with van der Waals surface area (Å²) in [6, 6.07) is 15.0. The molecule has 7 nitrogen and oxygen atoms in total. The van der Waals surface area contributed by atoms with Crippen LogP contribution in [0.3, 0.4) is 0 Å². The first-order valence-electron chi connectivity index (χ1n) is 8.89. The number of para-hydroxylation sites is 1. The van der Waals surface area contributed by atoms with Gasteiger partial charge in [-0.2, -0.15) is 5.26 Å². The average Bonchev–Trinajstić information content (AvgIpc) is 3.51. The lowest BCUT2D eigenvalue weighted by Crippen LogP contribution is -2.36. The highest BCUT2D eigenvalue weighted by Crippen LogP contribution is 2.47. The van der Waals surface area contributed by atoms with Crippen LogP contribution in [0, 0.1) is 16.7 Å². The molecule has 28 heavy (non-hydrogen) atoms. The Morgan fingerprint density at radius 2 is 1.79 bits per heavy atom. The highest BCUT2D eigenvalue weighted by Gasteiger charge is 2.56. The first kappa shape index (κ1) is 19.1. The third-order valence-corrected chi connectivity index (χ3v) is 4.54. The molecule has 2 aromatic rings. The van der Waals surface area contributed by atoms with Gasteiger partial charge >= 0.3 is 5.97 Å². The largest absolute Gasteiger partial charge is 0.462 e. The van der Waals surface area contributed by atoms with E-state index in [-0.39, 0.29) is 12.2 Å². The van der Waals surface area contributed by atoms with E-state index in [1.165, 1.54) is 0 Å². The van der Waals surface area contributed by atoms with Crippen molar-refractivity contribution < 1.29 is 19.1 Å². The lowest BCUT2D eigenvalue weighted by molar-refractivity contribution is -0.131. The summed E-state index contributed by atoms with van der Waals surface area (Å²) < 4.78 is 5.00. The molecule has 3 rings (SSSR count). The summed E-state index contributed by atoms with van der Waals surface area (Å²) in [7, 11) is 0. The minimum atomic E-state index is -1.19. The molecule has 0 bridgehead atoms. The number of carbonyl (C=O) groups excluding carboxylic acids is 3. The van der Waals surface area contributed by atoms with Gasteiger partial charge in [0, 0.05) is 5.69 Å². The SMILES string of the molecule is CCOC(=O)c1ccccc1NC(=O)C1(C(=O)Nc2cccc(C#N)c2)CC1. The van der Waals surface area contributed by atoms with Gasteiger partial charge in [-0.1, -0.05) is 18.2 Å². The summed E-state index contributed by atoms with van der Waals surface area (Å²) in [5.41, 5.74) is 0.211. The number of anilines is 2. The average molecular weight is 377 g/mol. The molecule has 0 unspecified atom stereocenters. The van der Waals surface area contributed by atoms with E-state index in [9.17, 15) is 14.4 Å². The van der Waals surface area contributed by atoms with Crippen molar-refractivity contribution in [3.63, 3.8) is 0 Å². The Balaban J connectivity index is 1.75. The zero-order valence-corrected chi connectivity index (χ0v) is 15.3. The van der Waals surface area contributed by atoms with Gasteiger partial charge in [0.15, 0.2) is 0 Å². The van der Waals surface area contributed by atoms with Crippen LogP contribution in [0.1, 0.15) is 35.7 Å². The van der Waals surface area contributed by atoms with Crippen molar-refractivity contribution in [1.82, 2.24) is 0 Å². The van der Waals surface area contributed by atoms with Crippen molar-refractivity contribution in [2.45, 2.75) is 19.8 Å². The second-order valence-electron chi connectivity index (χ2n) is 6.45. The van der Waals surface area contributed by atoms with Crippen molar-refractivity contribution in [2.24, 2.45) is 5.41 Å². The predicted octanol–water partition coefficient (Wildman–Crippen LogP) is 3.09. The van der Waals surface area contributed by atoms with Crippen LogP contribution in [-0.2, 0) is 14.3 Å². The number of nitrogens with one attached hydrogen (secondary N) is 2. The van der Waals surface area contributed by atoms with E-state index >= 15 is 0 Å². The van der Waals surface area contributed by atoms with Crippen LogP contribution in [0.2, 0.25) is 0 Å². The number of nitriles is 1. The maximum atomic E-state index is 12.8. The molecule has 1 aliphatic rings. The van der Waals surface area contributed by atoms with E-state index in [1.807, 2.05) is 6.07 Å². The quantitative estimate of drug-likeness (QED) is 0.594. The zero-order chi connectivity index (χ0) is 20.1. The number of hydrogen-bond acceptors (Lipinski definition) is 5. The van der Waals surface area contributed by atoms with E-state index in [2.05, 4.69) is 10.6 Å². The van der Waals surface area contributed by atoms with Gasteiger partial charge in [-0.15, -0.1) is 0 Å². The van der Waals surface area contributed by atoms with Crippen LogP contribution in [-0.4, -0.2) is 24.4 Å². The van der Waals surface area contributed by atoms with Gasteiger partial charge < -0.3 is 15.4 Å². The standard InChI is InChI=1S/C21H19N3O4/c1-2-28-18(25)16-8-3-4-9-17(16)24-20(27)21(10-11-21)19(26)23-15-7-5-6-14(12-15)13-22/h3-9,12H,2,10-11H2,1H3,(H,23,26)(H,24,27). The molecule has 2 N–H and O–H groups in total. The molecule has 1 fully saturated rings. The molecule has 7 heteroatoms. The van der Waals surface area contributed by atoms with Gasteiger partial charge in [0.2, 0.25) is 11.8 Å². The van der Waals surface area contributed by atoms with Crippen LogP contribution >= 0.6 is 0 Å². The first-order chi connectivity index (χ1) is 13.5. The monoisotopic (exact) mass is 377 g/mol. The van der Waals surface area contributed by atoms with E-state index < -0.39 is 23.2 Å². The van der Waals surface area contributed by atoms with Crippen molar-refractivity contribution in [3.05, 3.63) is 59.7 Å². The molecule has 0 saturated heterocycles. The van der Waals surface area contributed by atoms with Crippen molar-refractivity contribution in [3.8, 4) is 6.07 Å². The molecule has 0 radical (unpaired) electrons. The Bertz CT molecular complexity index is 974.